The van der Waals surface area contributed by atoms with Gasteiger partial charge in [-0.25, -0.2) is 9.37 Å². The van der Waals surface area contributed by atoms with Crippen molar-refractivity contribution in [3.63, 3.8) is 0 Å². The molecule has 0 atom stereocenters. The summed E-state index contributed by atoms with van der Waals surface area (Å²) in [4.78, 5) is 4.12. The van der Waals surface area contributed by atoms with Crippen molar-refractivity contribution in [2.24, 2.45) is 0 Å². The second kappa shape index (κ2) is 5.68. The first-order valence-electron chi connectivity index (χ1n) is 6.62. The monoisotopic (exact) mass is 277 g/mol. The average Bonchev–Trinajstić information content (AvgIpc) is 3.11. The van der Waals surface area contributed by atoms with Gasteiger partial charge in [0.05, 0.1) is 19.6 Å². The van der Waals surface area contributed by atoms with Crippen molar-refractivity contribution in [3.8, 4) is 0 Å². The van der Waals surface area contributed by atoms with Crippen LogP contribution >= 0.6 is 0 Å². The van der Waals surface area contributed by atoms with Crippen LogP contribution in [-0.2, 0) is 22.3 Å². The molecule has 0 radical (unpaired) electrons. The SMILES string of the molecule is Fc1ccc(CCC2(Cc3ncn[nH]3)OCCO2)cc1. The molecule has 5 nitrogen and oxygen atoms in total. The molecule has 1 aliphatic heterocycles. The predicted molar refractivity (Wildman–Crippen MR) is 69.4 cm³/mol. The Labute approximate surface area is 116 Å². The molecule has 1 saturated heterocycles. The molecule has 6 heteroatoms. The normalized spacial score (nSPS) is 17.4. The summed E-state index contributed by atoms with van der Waals surface area (Å²) in [6.07, 6.45) is 3.46. The minimum atomic E-state index is -0.659. The molecule has 20 heavy (non-hydrogen) atoms. The maximum Gasteiger partial charge on any atom is 0.175 e. The highest BCUT2D eigenvalue weighted by molar-refractivity contribution is 5.16. The molecule has 2 aromatic rings. The van der Waals surface area contributed by atoms with Crippen LogP contribution in [0.25, 0.3) is 0 Å². The Morgan fingerprint density at radius 1 is 1.20 bits per heavy atom. The van der Waals surface area contributed by atoms with Crippen LogP contribution in [0.5, 0.6) is 0 Å². The molecule has 1 aliphatic rings. The Morgan fingerprint density at radius 3 is 2.60 bits per heavy atom. The summed E-state index contributed by atoms with van der Waals surface area (Å²) in [7, 11) is 0. The van der Waals surface area contributed by atoms with Gasteiger partial charge in [-0.1, -0.05) is 12.1 Å². The minimum Gasteiger partial charge on any atom is -0.347 e. The van der Waals surface area contributed by atoms with E-state index in [4.69, 9.17) is 9.47 Å². The average molecular weight is 277 g/mol. The Hall–Kier alpha value is -1.79. The van der Waals surface area contributed by atoms with E-state index >= 15 is 0 Å². The summed E-state index contributed by atoms with van der Waals surface area (Å²) in [6, 6.07) is 6.50. The molecule has 2 heterocycles. The third-order valence-electron chi connectivity index (χ3n) is 3.42. The van der Waals surface area contributed by atoms with E-state index in [1.165, 1.54) is 18.5 Å². The van der Waals surface area contributed by atoms with E-state index in [0.29, 0.717) is 26.1 Å². The zero-order valence-electron chi connectivity index (χ0n) is 11.0. The largest absolute Gasteiger partial charge is 0.347 e. The zero-order valence-corrected chi connectivity index (χ0v) is 11.0. The number of ether oxygens (including phenoxy) is 2. The molecule has 0 saturated carbocycles. The van der Waals surface area contributed by atoms with Crippen molar-refractivity contribution in [2.75, 3.05) is 13.2 Å². The number of H-pyrrole nitrogens is 1. The van der Waals surface area contributed by atoms with Gasteiger partial charge >= 0.3 is 0 Å². The van der Waals surface area contributed by atoms with Crippen LogP contribution in [0, 0.1) is 5.82 Å². The number of aromatic amines is 1. The van der Waals surface area contributed by atoms with E-state index in [9.17, 15) is 4.39 Å². The maximum absolute atomic E-state index is 12.9. The highest BCUT2D eigenvalue weighted by Crippen LogP contribution is 2.28. The number of hydrogen-bond acceptors (Lipinski definition) is 4. The van der Waals surface area contributed by atoms with Crippen LogP contribution < -0.4 is 0 Å². The van der Waals surface area contributed by atoms with E-state index in [1.54, 1.807) is 12.1 Å². The van der Waals surface area contributed by atoms with Gasteiger partial charge in [0.25, 0.3) is 0 Å². The molecular weight excluding hydrogens is 261 g/mol. The lowest BCUT2D eigenvalue weighted by Crippen LogP contribution is -2.34. The van der Waals surface area contributed by atoms with E-state index in [2.05, 4.69) is 15.2 Å². The van der Waals surface area contributed by atoms with Gasteiger partial charge in [-0.05, 0) is 24.1 Å². The second-order valence-electron chi connectivity index (χ2n) is 4.84. The molecule has 1 N–H and O–H groups in total. The van der Waals surface area contributed by atoms with Gasteiger partial charge in [-0.3, -0.25) is 5.10 Å². The van der Waals surface area contributed by atoms with Crippen LogP contribution in [0.4, 0.5) is 4.39 Å². The fourth-order valence-electron chi connectivity index (χ4n) is 2.39. The van der Waals surface area contributed by atoms with Crippen molar-refractivity contribution in [1.29, 1.82) is 0 Å². The topological polar surface area (TPSA) is 60.0 Å². The summed E-state index contributed by atoms with van der Waals surface area (Å²) in [6.45, 7) is 1.16. The fraction of sp³-hybridized carbons (Fsp3) is 0.429. The van der Waals surface area contributed by atoms with Crippen LogP contribution in [0.2, 0.25) is 0 Å². The molecule has 1 aromatic heterocycles. The van der Waals surface area contributed by atoms with Crippen LogP contribution in [0.15, 0.2) is 30.6 Å². The molecular formula is C14H16FN3O2. The van der Waals surface area contributed by atoms with Crippen molar-refractivity contribution >= 4 is 0 Å². The molecule has 106 valence electrons. The lowest BCUT2D eigenvalue weighted by atomic mass is 10.0. The van der Waals surface area contributed by atoms with Gasteiger partial charge in [0.2, 0.25) is 0 Å². The van der Waals surface area contributed by atoms with Gasteiger partial charge in [-0.15, -0.1) is 0 Å². The van der Waals surface area contributed by atoms with Crippen LogP contribution in [-0.4, -0.2) is 34.2 Å². The number of nitrogens with zero attached hydrogens (tertiary/aromatic N) is 2. The number of rotatable bonds is 5. The van der Waals surface area contributed by atoms with Gasteiger partial charge in [0, 0.05) is 6.42 Å². The molecule has 1 aromatic carbocycles. The van der Waals surface area contributed by atoms with E-state index < -0.39 is 5.79 Å². The summed E-state index contributed by atoms with van der Waals surface area (Å²) in [5.41, 5.74) is 1.06. The lowest BCUT2D eigenvalue weighted by molar-refractivity contribution is -0.161. The molecule has 0 bridgehead atoms. The highest BCUT2D eigenvalue weighted by Gasteiger charge is 2.37. The van der Waals surface area contributed by atoms with Crippen molar-refractivity contribution < 1.29 is 13.9 Å². The van der Waals surface area contributed by atoms with Gasteiger partial charge in [0.1, 0.15) is 18.0 Å². The molecule has 0 aliphatic carbocycles. The standard InChI is InChI=1S/C14H16FN3O2/c15-12-3-1-11(2-4-12)5-6-14(19-7-8-20-14)9-13-16-10-17-18-13/h1-4,10H,5-9H2,(H,16,17,18). The molecule has 3 rings (SSSR count). The summed E-state index contributed by atoms with van der Waals surface area (Å²) in [5.74, 6) is -0.141. The predicted octanol–water partition coefficient (Wildman–Crippen LogP) is 1.86. The Bertz CT molecular complexity index is 536. The van der Waals surface area contributed by atoms with Crippen LogP contribution in [0.1, 0.15) is 17.8 Å². The lowest BCUT2D eigenvalue weighted by Gasteiger charge is -2.26. The zero-order chi connectivity index (χ0) is 13.8. The molecule has 0 spiro atoms. The quantitative estimate of drug-likeness (QED) is 0.906. The van der Waals surface area contributed by atoms with E-state index in [0.717, 1.165) is 17.8 Å². The first kappa shape index (κ1) is 13.2. The van der Waals surface area contributed by atoms with Crippen molar-refractivity contribution in [3.05, 3.63) is 47.8 Å². The number of benzene rings is 1. The minimum absolute atomic E-state index is 0.224. The Morgan fingerprint density at radius 2 is 1.95 bits per heavy atom. The summed E-state index contributed by atoms with van der Waals surface area (Å²) >= 11 is 0. The Kier molecular flexibility index (Phi) is 3.75. The molecule has 0 amide bonds. The van der Waals surface area contributed by atoms with Gasteiger partial charge in [-0.2, -0.15) is 5.10 Å². The fourth-order valence-corrected chi connectivity index (χ4v) is 2.39. The number of aromatic nitrogens is 3. The number of aryl methyl sites for hydroxylation is 1. The van der Waals surface area contributed by atoms with Gasteiger partial charge in [0.15, 0.2) is 5.79 Å². The third-order valence-corrected chi connectivity index (χ3v) is 3.42. The van der Waals surface area contributed by atoms with Crippen LogP contribution in [0.3, 0.4) is 0 Å². The first-order valence-corrected chi connectivity index (χ1v) is 6.62. The van der Waals surface area contributed by atoms with Gasteiger partial charge < -0.3 is 9.47 Å². The maximum atomic E-state index is 12.9. The summed E-state index contributed by atoms with van der Waals surface area (Å²) in [5, 5.41) is 6.66. The second-order valence-corrected chi connectivity index (χ2v) is 4.84. The first-order chi connectivity index (χ1) is 9.76. The summed E-state index contributed by atoms with van der Waals surface area (Å²) < 4.78 is 24.4. The van der Waals surface area contributed by atoms with Crippen molar-refractivity contribution in [2.45, 2.75) is 25.0 Å². The Balaban J connectivity index is 1.66. The van der Waals surface area contributed by atoms with E-state index in [-0.39, 0.29) is 5.82 Å². The number of halogens is 1. The highest BCUT2D eigenvalue weighted by atomic mass is 19.1. The number of hydrogen-bond donors (Lipinski definition) is 1. The number of nitrogens with one attached hydrogen (secondary N) is 1. The van der Waals surface area contributed by atoms with E-state index in [1.807, 2.05) is 0 Å². The van der Waals surface area contributed by atoms with Crippen molar-refractivity contribution in [1.82, 2.24) is 15.2 Å². The third kappa shape index (κ3) is 3.02. The molecule has 1 fully saturated rings. The smallest absolute Gasteiger partial charge is 0.175 e. The molecule has 0 unspecified atom stereocenters.